The van der Waals surface area contributed by atoms with Crippen LogP contribution in [0.4, 0.5) is 17.3 Å². The van der Waals surface area contributed by atoms with Crippen LogP contribution in [0, 0.1) is 0 Å². The Morgan fingerprint density at radius 3 is 2.75 bits per heavy atom. The van der Waals surface area contributed by atoms with Crippen LogP contribution in [0.25, 0.3) is 0 Å². The summed E-state index contributed by atoms with van der Waals surface area (Å²) in [6.45, 7) is 0. The van der Waals surface area contributed by atoms with Gasteiger partial charge in [-0.05, 0) is 12.8 Å². The molecule has 1 aliphatic rings. The quantitative estimate of drug-likeness (QED) is 0.634. The van der Waals surface area contributed by atoms with Crippen molar-refractivity contribution < 1.29 is 4.79 Å². The van der Waals surface area contributed by atoms with E-state index in [-0.39, 0.29) is 17.8 Å². The van der Waals surface area contributed by atoms with Crippen molar-refractivity contribution in [3.8, 4) is 0 Å². The fourth-order valence-corrected chi connectivity index (χ4v) is 2.89. The molecule has 6 N–H and O–H groups in total. The molecule has 0 saturated heterocycles. The Labute approximate surface area is 139 Å². The highest BCUT2D eigenvalue weighted by molar-refractivity contribution is 5.97. The number of hydrogen-bond donors (Lipinski definition) is 4. The van der Waals surface area contributed by atoms with Gasteiger partial charge in [-0.15, -0.1) is 10.2 Å². The molecule has 1 saturated carbocycles. The van der Waals surface area contributed by atoms with E-state index in [4.69, 9.17) is 11.5 Å². The van der Waals surface area contributed by atoms with Gasteiger partial charge < -0.3 is 22.1 Å². The number of carbonyl (C=O) groups excluding carboxylic acids is 1. The molecule has 2 atom stereocenters. The predicted molar refractivity (Wildman–Crippen MR) is 90.9 cm³/mol. The summed E-state index contributed by atoms with van der Waals surface area (Å²) in [6.07, 6.45) is 6.06. The van der Waals surface area contributed by atoms with Gasteiger partial charge in [0.25, 0.3) is 5.91 Å². The van der Waals surface area contributed by atoms with Gasteiger partial charge in [-0.25, -0.2) is 0 Å². The number of anilines is 3. The fourth-order valence-electron chi connectivity index (χ4n) is 2.89. The van der Waals surface area contributed by atoms with Gasteiger partial charge in [-0.1, -0.05) is 12.8 Å². The molecule has 2 aromatic rings. The Morgan fingerprint density at radius 1 is 1.29 bits per heavy atom. The third kappa shape index (κ3) is 3.62. The van der Waals surface area contributed by atoms with E-state index in [0.717, 1.165) is 25.7 Å². The standard InChI is InChI=1S/C15H22N8O/c1-23-7-6-12(22-23)19-11-8-13(20-21-14(11)15(17)24)18-10-5-3-2-4-9(10)16/h6-10H,2-5,16H2,1H3,(H2,17,24)(H2,18,19,20,22). The monoisotopic (exact) mass is 330 g/mol. The van der Waals surface area contributed by atoms with Gasteiger partial charge in [-0.3, -0.25) is 9.48 Å². The molecule has 1 aliphatic carbocycles. The van der Waals surface area contributed by atoms with Gasteiger partial charge in [-0.2, -0.15) is 5.10 Å². The Morgan fingerprint density at radius 2 is 2.08 bits per heavy atom. The highest BCUT2D eigenvalue weighted by atomic mass is 16.1. The van der Waals surface area contributed by atoms with E-state index in [1.807, 2.05) is 7.05 Å². The molecule has 0 radical (unpaired) electrons. The molecule has 0 spiro atoms. The normalized spacial score (nSPS) is 20.6. The third-order valence-corrected chi connectivity index (χ3v) is 4.16. The van der Waals surface area contributed by atoms with E-state index >= 15 is 0 Å². The molecule has 2 heterocycles. The van der Waals surface area contributed by atoms with Crippen LogP contribution < -0.4 is 22.1 Å². The van der Waals surface area contributed by atoms with Crippen LogP contribution in [-0.4, -0.2) is 38.0 Å². The second kappa shape index (κ2) is 6.83. The zero-order valence-corrected chi connectivity index (χ0v) is 13.6. The lowest BCUT2D eigenvalue weighted by Crippen LogP contribution is -2.42. The van der Waals surface area contributed by atoms with Crippen molar-refractivity contribution in [3.05, 3.63) is 24.0 Å². The smallest absolute Gasteiger partial charge is 0.271 e. The van der Waals surface area contributed by atoms with Crippen molar-refractivity contribution in [1.82, 2.24) is 20.0 Å². The van der Waals surface area contributed by atoms with E-state index < -0.39 is 5.91 Å². The lowest BCUT2D eigenvalue weighted by molar-refractivity contribution is 0.0995. The Hall–Kier alpha value is -2.68. The van der Waals surface area contributed by atoms with Crippen LogP contribution in [0.1, 0.15) is 36.2 Å². The first-order chi connectivity index (χ1) is 11.5. The molecule has 0 aliphatic heterocycles. The molecule has 24 heavy (non-hydrogen) atoms. The molecular formula is C15H22N8O. The van der Waals surface area contributed by atoms with E-state index in [0.29, 0.717) is 17.3 Å². The van der Waals surface area contributed by atoms with Crippen LogP contribution in [0.5, 0.6) is 0 Å². The number of aromatic nitrogens is 4. The van der Waals surface area contributed by atoms with Gasteiger partial charge in [0.1, 0.15) is 0 Å². The lowest BCUT2D eigenvalue weighted by atomic mass is 9.91. The van der Waals surface area contributed by atoms with Crippen LogP contribution >= 0.6 is 0 Å². The first-order valence-electron chi connectivity index (χ1n) is 7.99. The minimum absolute atomic E-state index is 0.0687. The Bertz CT molecular complexity index is 728. The number of nitrogens with one attached hydrogen (secondary N) is 2. The summed E-state index contributed by atoms with van der Waals surface area (Å²) in [4.78, 5) is 11.6. The fraction of sp³-hybridized carbons (Fsp3) is 0.467. The number of carbonyl (C=O) groups is 1. The molecule has 2 aromatic heterocycles. The number of hydrogen-bond acceptors (Lipinski definition) is 7. The maximum Gasteiger partial charge on any atom is 0.271 e. The molecular weight excluding hydrogens is 308 g/mol. The van der Waals surface area contributed by atoms with Crippen molar-refractivity contribution in [2.24, 2.45) is 18.5 Å². The number of rotatable bonds is 5. The number of aryl methyl sites for hydroxylation is 1. The van der Waals surface area contributed by atoms with E-state index in [2.05, 4.69) is 25.9 Å². The number of amides is 1. The summed E-state index contributed by atoms with van der Waals surface area (Å²) in [5.41, 5.74) is 12.1. The number of primary amides is 1. The third-order valence-electron chi connectivity index (χ3n) is 4.16. The van der Waals surface area contributed by atoms with Crippen LogP contribution in [0.3, 0.4) is 0 Å². The summed E-state index contributed by atoms with van der Waals surface area (Å²) < 4.78 is 1.65. The molecule has 9 nitrogen and oxygen atoms in total. The van der Waals surface area contributed by atoms with Crippen molar-refractivity contribution in [3.63, 3.8) is 0 Å². The SMILES string of the molecule is Cn1ccc(Nc2cc(NC3CCCCC3N)nnc2C(N)=O)n1. The summed E-state index contributed by atoms with van der Waals surface area (Å²) in [5.74, 6) is 0.496. The molecule has 128 valence electrons. The van der Waals surface area contributed by atoms with E-state index in [1.165, 1.54) is 0 Å². The van der Waals surface area contributed by atoms with Gasteiger partial charge in [0, 0.05) is 37.5 Å². The maximum atomic E-state index is 11.6. The van der Waals surface area contributed by atoms with Crippen molar-refractivity contribution in [2.75, 3.05) is 10.6 Å². The first-order valence-corrected chi connectivity index (χ1v) is 7.99. The summed E-state index contributed by atoms with van der Waals surface area (Å²) >= 11 is 0. The zero-order chi connectivity index (χ0) is 17.1. The molecule has 1 fully saturated rings. The average Bonchev–Trinajstić information content (AvgIpc) is 2.94. The Balaban J connectivity index is 1.83. The van der Waals surface area contributed by atoms with Crippen LogP contribution in [0.2, 0.25) is 0 Å². The molecule has 0 aromatic carbocycles. The minimum Gasteiger partial charge on any atom is -0.364 e. The second-order valence-corrected chi connectivity index (χ2v) is 6.05. The number of nitrogens with zero attached hydrogens (tertiary/aromatic N) is 4. The molecule has 2 unspecified atom stereocenters. The highest BCUT2D eigenvalue weighted by Gasteiger charge is 2.23. The largest absolute Gasteiger partial charge is 0.364 e. The lowest BCUT2D eigenvalue weighted by Gasteiger charge is -2.29. The average molecular weight is 330 g/mol. The topological polar surface area (TPSA) is 137 Å². The van der Waals surface area contributed by atoms with Crippen LogP contribution in [-0.2, 0) is 7.05 Å². The summed E-state index contributed by atoms with van der Waals surface area (Å²) in [7, 11) is 1.81. The zero-order valence-electron chi connectivity index (χ0n) is 13.6. The maximum absolute atomic E-state index is 11.6. The molecule has 3 rings (SSSR count). The molecule has 9 heteroatoms. The Kier molecular flexibility index (Phi) is 4.61. The first kappa shape index (κ1) is 16.2. The summed E-state index contributed by atoms with van der Waals surface area (Å²) in [6, 6.07) is 3.73. The predicted octanol–water partition coefficient (Wildman–Crippen LogP) is 0.734. The minimum atomic E-state index is -0.651. The van der Waals surface area contributed by atoms with Crippen molar-refractivity contribution >= 4 is 23.2 Å². The molecule has 0 bridgehead atoms. The van der Waals surface area contributed by atoms with Crippen molar-refractivity contribution in [1.29, 1.82) is 0 Å². The number of nitrogens with two attached hydrogens (primary N) is 2. The van der Waals surface area contributed by atoms with E-state index in [1.54, 1.807) is 23.0 Å². The van der Waals surface area contributed by atoms with Gasteiger partial charge >= 0.3 is 0 Å². The van der Waals surface area contributed by atoms with E-state index in [9.17, 15) is 4.79 Å². The van der Waals surface area contributed by atoms with Crippen molar-refractivity contribution in [2.45, 2.75) is 37.8 Å². The van der Waals surface area contributed by atoms with Gasteiger partial charge in [0.15, 0.2) is 17.3 Å². The van der Waals surface area contributed by atoms with Crippen LogP contribution in [0.15, 0.2) is 18.3 Å². The molecule has 1 amide bonds. The van der Waals surface area contributed by atoms with Gasteiger partial charge in [0.05, 0.1) is 5.69 Å². The van der Waals surface area contributed by atoms with Gasteiger partial charge in [0.2, 0.25) is 0 Å². The second-order valence-electron chi connectivity index (χ2n) is 6.05. The summed E-state index contributed by atoms with van der Waals surface area (Å²) in [5, 5.41) is 18.6. The highest BCUT2D eigenvalue weighted by Crippen LogP contribution is 2.24.